The molecule has 0 saturated heterocycles. The van der Waals surface area contributed by atoms with Crippen molar-refractivity contribution < 1.29 is 9.90 Å². The molecule has 0 spiro atoms. The predicted octanol–water partition coefficient (Wildman–Crippen LogP) is 6.36. The highest BCUT2D eigenvalue weighted by molar-refractivity contribution is 7.12. The summed E-state index contributed by atoms with van der Waals surface area (Å²) in [4.78, 5) is 13.2. The number of hydrogen-bond donors (Lipinski definition) is 1. The number of thiophene rings is 1. The van der Waals surface area contributed by atoms with Crippen LogP contribution in [0.1, 0.15) is 60.3 Å². The second-order valence-electron chi connectivity index (χ2n) is 6.39. The minimum Gasteiger partial charge on any atom is -0.481 e. The van der Waals surface area contributed by atoms with Crippen LogP contribution in [0.5, 0.6) is 0 Å². The highest BCUT2D eigenvalue weighted by Crippen LogP contribution is 2.21. The van der Waals surface area contributed by atoms with E-state index in [9.17, 15) is 4.79 Å². The Kier molecular flexibility index (Phi) is 9.06. The molecule has 0 fully saturated rings. The van der Waals surface area contributed by atoms with Gasteiger partial charge in [0, 0.05) is 16.2 Å². The molecule has 2 aromatic rings. The third kappa shape index (κ3) is 8.69. The van der Waals surface area contributed by atoms with Crippen molar-refractivity contribution in [1.29, 1.82) is 0 Å². The molecule has 0 saturated carbocycles. The average Bonchev–Trinajstić information content (AvgIpc) is 3.06. The number of hydrogen-bond acceptors (Lipinski definition) is 2. The van der Waals surface area contributed by atoms with Gasteiger partial charge < -0.3 is 5.11 Å². The maximum absolute atomic E-state index is 10.5. The van der Waals surface area contributed by atoms with E-state index in [4.69, 9.17) is 5.11 Å². The standard InChI is InChI=1S/C22H28O2S/c23-22(24)16-10-4-9-15-21-18-17-20(25-21)14-8-2-1-5-11-19-12-6-3-7-13-19/h3,6-7,9,12-13,15,17-18H,1-2,4-5,8,10-11,14,16H2,(H,23,24). The van der Waals surface area contributed by atoms with E-state index in [-0.39, 0.29) is 6.42 Å². The summed E-state index contributed by atoms with van der Waals surface area (Å²) in [6, 6.07) is 15.1. The van der Waals surface area contributed by atoms with E-state index in [2.05, 4.69) is 54.6 Å². The predicted molar refractivity (Wildman–Crippen MR) is 107 cm³/mol. The monoisotopic (exact) mass is 356 g/mol. The van der Waals surface area contributed by atoms with Crippen LogP contribution in [-0.2, 0) is 17.6 Å². The van der Waals surface area contributed by atoms with Crippen LogP contribution in [0, 0.1) is 0 Å². The molecule has 2 rings (SSSR count). The Morgan fingerprint density at radius 2 is 1.68 bits per heavy atom. The summed E-state index contributed by atoms with van der Waals surface area (Å²) in [5.41, 5.74) is 1.44. The number of aliphatic carboxylic acids is 1. The quantitative estimate of drug-likeness (QED) is 0.449. The largest absolute Gasteiger partial charge is 0.481 e. The third-order valence-corrected chi connectivity index (χ3v) is 5.32. The number of allylic oxidation sites excluding steroid dienone is 1. The Bertz CT molecular complexity index is 643. The molecule has 25 heavy (non-hydrogen) atoms. The molecular formula is C22H28O2S. The number of benzene rings is 1. The van der Waals surface area contributed by atoms with Gasteiger partial charge in [-0.1, -0.05) is 49.2 Å². The fraction of sp³-hybridized carbons (Fsp3) is 0.409. The molecule has 0 amide bonds. The fourth-order valence-electron chi connectivity index (χ4n) is 2.82. The van der Waals surface area contributed by atoms with E-state index in [0.29, 0.717) is 6.42 Å². The van der Waals surface area contributed by atoms with Gasteiger partial charge in [-0.3, -0.25) is 4.79 Å². The number of aryl methyl sites for hydroxylation is 2. The molecular weight excluding hydrogens is 328 g/mol. The minimum atomic E-state index is -0.712. The molecule has 0 aliphatic rings. The van der Waals surface area contributed by atoms with Crippen molar-refractivity contribution >= 4 is 23.4 Å². The van der Waals surface area contributed by atoms with Gasteiger partial charge in [-0.05, 0) is 62.3 Å². The van der Waals surface area contributed by atoms with Gasteiger partial charge in [-0.25, -0.2) is 0 Å². The Labute approximate surface area is 155 Å². The van der Waals surface area contributed by atoms with Gasteiger partial charge in [0.2, 0.25) is 0 Å². The van der Waals surface area contributed by atoms with E-state index in [1.807, 2.05) is 11.3 Å². The van der Waals surface area contributed by atoms with Gasteiger partial charge in [0.15, 0.2) is 0 Å². The molecule has 1 heterocycles. The summed E-state index contributed by atoms with van der Waals surface area (Å²) in [7, 11) is 0. The second-order valence-corrected chi connectivity index (χ2v) is 7.59. The third-order valence-electron chi connectivity index (χ3n) is 4.21. The first-order chi connectivity index (χ1) is 12.2. The summed E-state index contributed by atoms with van der Waals surface area (Å²) in [5.74, 6) is -0.712. The molecule has 0 unspecified atom stereocenters. The zero-order valence-corrected chi connectivity index (χ0v) is 15.6. The molecule has 3 heteroatoms. The SMILES string of the molecule is O=C(O)CCCC=Cc1ccc(CCCCCCc2ccccc2)s1. The second kappa shape index (κ2) is 11.6. The van der Waals surface area contributed by atoms with Crippen LogP contribution in [0.2, 0.25) is 0 Å². The number of carboxylic acids is 1. The minimum absolute atomic E-state index is 0.254. The van der Waals surface area contributed by atoms with Crippen molar-refractivity contribution in [2.45, 2.75) is 57.8 Å². The lowest BCUT2D eigenvalue weighted by molar-refractivity contribution is -0.137. The molecule has 1 aromatic carbocycles. The van der Waals surface area contributed by atoms with Crippen LogP contribution in [0.3, 0.4) is 0 Å². The van der Waals surface area contributed by atoms with Crippen molar-refractivity contribution in [2.24, 2.45) is 0 Å². The highest BCUT2D eigenvalue weighted by atomic mass is 32.1. The van der Waals surface area contributed by atoms with E-state index >= 15 is 0 Å². The Morgan fingerprint density at radius 1 is 0.920 bits per heavy atom. The van der Waals surface area contributed by atoms with Gasteiger partial charge in [-0.15, -0.1) is 11.3 Å². The van der Waals surface area contributed by atoms with Gasteiger partial charge in [0.1, 0.15) is 0 Å². The van der Waals surface area contributed by atoms with Crippen molar-refractivity contribution in [3.8, 4) is 0 Å². The summed E-state index contributed by atoms with van der Waals surface area (Å²) in [5, 5.41) is 8.61. The summed E-state index contributed by atoms with van der Waals surface area (Å²) in [6.45, 7) is 0. The lowest BCUT2D eigenvalue weighted by atomic mass is 10.1. The number of rotatable bonds is 12. The first-order valence-corrected chi connectivity index (χ1v) is 10.1. The summed E-state index contributed by atoms with van der Waals surface area (Å²) < 4.78 is 0. The zero-order chi connectivity index (χ0) is 17.7. The van der Waals surface area contributed by atoms with Crippen molar-refractivity contribution in [1.82, 2.24) is 0 Å². The molecule has 134 valence electrons. The van der Waals surface area contributed by atoms with Crippen molar-refractivity contribution in [3.05, 3.63) is 63.9 Å². The molecule has 1 N–H and O–H groups in total. The lowest BCUT2D eigenvalue weighted by Crippen LogP contribution is -1.92. The average molecular weight is 357 g/mol. The first-order valence-electron chi connectivity index (χ1n) is 9.25. The first kappa shape index (κ1) is 19.5. The molecule has 0 bridgehead atoms. The molecule has 2 nitrogen and oxygen atoms in total. The number of carboxylic acid groups (broad SMARTS) is 1. The van der Waals surface area contributed by atoms with Crippen molar-refractivity contribution in [2.75, 3.05) is 0 Å². The summed E-state index contributed by atoms with van der Waals surface area (Å²) in [6.07, 6.45) is 13.5. The highest BCUT2D eigenvalue weighted by Gasteiger charge is 1.99. The molecule has 0 aliphatic heterocycles. The summed E-state index contributed by atoms with van der Waals surface area (Å²) >= 11 is 1.85. The van der Waals surface area contributed by atoms with Gasteiger partial charge in [0.25, 0.3) is 0 Å². The smallest absolute Gasteiger partial charge is 0.303 e. The Balaban J connectivity index is 1.55. The Morgan fingerprint density at radius 3 is 2.44 bits per heavy atom. The van der Waals surface area contributed by atoms with Crippen molar-refractivity contribution in [3.63, 3.8) is 0 Å². The van der Waals surface area contributed by atoms with Crippen LogP contribution in [0.4, 0.5) is 0 Å². The van der Waals surface area contributed by atoms with Crippen LogP contribution in [0.15, 0.2) is 48.5 Å². The van der Waals surface area contributed by atoms with E-state index in [1.54, 1.807) is 0 Å². The molecule has 1 aromatic heterocycles. The fourth-order valence-corrected chi connectivity index (χ4v) is 3.80. The van der Waals surface area contributed by atoms with E-state index in [1.165, 1.54) is 53.8 Å². The van der Waals surface area contributed by atoms with E-state index < -0.39 is 5.97 Å². The Hall–Kier alpha value is -1.87. The lowest BCUT2D eigenvalue weighted by Gasteiger charge is -2.01. The number of unbranched alkanes of at least 4 members (excludes halogenated alkanes) is 4. The van der Waals surface area contributed by atoms with Crippen LogP contribution in [-0.4, -0.2) is 11.1 Å². The van der Waals surface area contributed by atoms with Gasteiger partial charge in [0.05, 0.1) is 0 Å². The van der Waals surface area contributed by atoms with Crippen LogP contribution < -0.4 is 0 Å². The number of carbonyl (C=O) groups is 1. The van der Waals surface area contributed by atoms with Crippen LogP contribution >= 0.6 is 11.3 Å². The zero-order valence-electron chi connectivity index (χ0n) is 14.8. The topological polar surface area (TPSA) is 37.3 Å². The molecule has 0 atom stereocenters. The maximum atomic E-state index is 10.5. The van der Waals surface area contributed by atoms with E-state index in [0.717, 1.165) is 6.42 Å². The van der Waals surface area contributed by atoms with Crippen LogP contribution in [0.25, 0.3) is 6.08 Å². The van der Waals surface area contributed by atoms with Gasteiger partial charge >= 0.3 is 5.97 Å². The molecule has 0 aliphatic carbocycles. The maximum Gasteiger partial charge on any atom is 0.303 e. The molecule has 0 radical (unpaired) electrons. The van der Waals surface area contributed by atoms with Gasteiger partial charge in [-0.2, -0.15) is 0 Å². The normalized spacial score (nSPS) is 11.2.